The van der Waals surface area contributed by atoms with Crippen LogP contribution < -0.4 is 19.9 Å². The highest BCUT2D eigenvalue weighted by atomic mass is 16.5. The van der Waals surface area contributed by atoms with Gasteiger partial charge < -0.3 is 24.3 Å². The molecule has 4 rings (SSSR count). The van der Waals surface area contributed by atoms with Crippen molar-refractivity contribution >= 4 is 17.0 Å². The lowest BCUT2D eigenvalue weighted by Crippen LogP contribution is -2.15. The van der Waals surface area contributed by atoms with Crippen molar-refractivity contribution in [3.8, 4) is 34.2 Å². The van der Waals surface area contributed by atoms with Gasteiger partial charge in [0, 0.05) is 17.7 Å². The van der Waals surface area contributed by atoms with Crippen molar-refractivity contribution in [3.63, 3.8) is 0 Å². The zero-order valence-electron chi connectivity index (χ0n) is 17.0. The van der Waals surface area contributed by atoms with Gasteiger partial charge in [0.25, 0.3) is 0 Å². The van der Waals surface area contributed by atoms with Crippen LogP contribution in [0.3, 0.4) is 0 Å². The Kier molecular flexibility index (Phi) is 5.08. The molecule has 31 heavy (non-hydrogen) atoms. The van der Waals surface area contributed by atoms with Gasteiger partial charge in [0.05, 0.1) is 55.5 Å². The Morgan fingerprint density at radius 2 is 1.74 bits per heavy atom. The van der Waals surface area contributed by atoms with E-state index >= 15 is 0 Å². The van der Waals surface area contributed by atoms with Crippen LogP contribution in [0.2, 0.25) is 0 Å². The normalized spacial score (nSPS) is 10.8. The van der Waals surface area contributed by atoms with Crippen LogP contribution >= 0.6 is 0 Å². The van der Waals surface area contributed by atoms with Crippen molar-refractivity contribution in [2.45, 2.75) is 0 Å². The Morgan fingerprint density at radius 1 is 1.03 bits per heavy atom. The number of hydrogen-bond donors (Lipinski definition) is 2. The molecule has 2 aromatic heterocycles. The minimum Gasteiger partial charge on any atom is -0.493 e. The lowest BCUT2D eigenvalue weighted by atomic mass is 10.1. The Morgan fingerprint density at radius 3 is 2.35 bits per heavy atom. The molecule has 9 heteroatoms. The number of imidazole rings is 1. The zero-order chi connectivity index (χ0) is 22.1. The highest BCUT2D eigenvalue weighted by molar-refractivity contribution is 5.90. The third kappa shape index (κ3) is 3.46. The van der Waals surface area contributed by atoms with Gasteiger partial charge >= 0.3 is 11.7 Å². The summed E-state index contributed by atoms with van der Waals surface area (Å²) in [6.45, 7) is 0. The largest absolute Gasteiger partial charge is 0.493 e. The molecule has 0 saturated heterocycles. The number of ether oxygens (including phenoxy) is 3. The van der Waals surface area contributed by atoms with Crippen molar-refractivity contribution in [2.24, 2.45) is 0 Å². The summed E-state index contributed by atoms with van der Waals surface area (Å²) in [5.74, 6) is 0.191. The van der Waals surface area contributed by atoms with Gasteiger partial charge in [0.15, 0.2) is 11.5 Å². The second kappa shape index (κ2) is 7.86. The van der Waals surface area contributed by atoms with Gasteiger partial charge in [-0.15, -0.1) is 0 Å². The quantitative estimate of drug-likeness (QED) is 0.491. The van der Waals surface area contributed by atoms with E-state index in [0.29, 0.717) is 45.2 Å². The number of aromatic carboxylic acids is 1. The Hall–Kier alpha value is -4.27. The molecule has 0 aliphatic heterocycles. The van der Waals surface area contributed by atoms with Gasteiger partial charge in [-0.2, -0.15) is 0 Å². The smallest absolute Gasteiger partial charge is 0.335 e. The van der Waals surface area contributed by atoms with E-state index in [2.05, 4.69) is 9.97 Å². The summed E-state index contributed by atoms with van der Waals surface area (Å²) in [4.78, 5) is 31.2. The molecule has 9 nitrogen and oxygen atoms in total. The van der Waals surface area contributed by atoms with Crippen LogP contribution in [0.1, 0.15) is 10.4 Å². The molecule has 0 unspecified atom stereocenters. The number of carbonyl (C=O) groups is 1. The van der Waals surface area contributed by atoms with E-state index in [9.17, 15) is 14.7 Å². The molecule has 4 aromatic rings. The van der Waals surface area contributed by atoms with Gasteiger partial charge in [-0.25, -0.2) is 9.59 Å². The van der Waals surface area contributed by atoms with Crippen LogP contribution in [0.15, 0.2) is 53.5 Å². The van der Waals surface area contributed by atoms with Crippen molar-refractivity contribution in [1.82, 2.24) is 14.5 Å². The van der Waals surface area contributed by atoms with E-state index in [1.807, 2.05) is 0 Å². The minimum absolute atomic E-state index is 0.149. The number of H-pyrrole nitrogens is 1. The molecule has 2 aromatic carbocycles. The molecule has 0 amide bonds. The number of rotatable bonds is 6. The van der Waals surface area contributed by atoms with Gasteiger partial charge in [-0.05, 0) is 18.2 Å². The lowest BCUT2D eigenvalue weighted by molar-refractivity contribution is 0.0697. The van der Waals surface area contributed by atoms with E-state index in [1.54, 1.807) is 30.3 Å². The van der Waals surface area contributed by atoms with Crippen LogP contribution in [-0.2, 0) is 0 Å². The first-order valence-corrected chi connectivity index (χ1v) is 9.21. The highest BCUT2D eigenvalue weighted by Crippen LogP contribution is 2.39. The van der Waals surface area contributed by atoms with Crippen molar-refractivity contribution in [3.05, 3.63) is 64.7 Å². The van der Waals surface area contributed by atoms with Crippen molar-refractivity contribution in [1.29, 1.82) is 0 Å². The van der Waals surface area contributed by atoms with Crippen LogP contribution in [0.25, 0.3) is 28.0 Å². The molecule has 0 saturated carbocycles. The lowest BCUT2D eigenvalue weighted by Gasteiger charge is -2.14. The van der Waals surface area contributed by atoms with E-state index in [0.717, 1.165) is 0 Å². The minimum atomic E-state index is -1.03. The third-order valence-electron chi connectivity index (χ3n) is 4.88. The second-order valence-corrected chi connectivity index (χ2v) is 6.62. The maximum Gasteiger partial charge on any atom is 0.335 e. The summed E-state index contributed by atoms with van der Waals surface area (Å²) >= 11 is 0. The standard InChI is InChI=1S/C22H19N3O6/c1-29-18-8-14(9-19(30-2)20(18)31-3)25-17-10-15(23-11-16(17)24-22(25)28)12-5-4-6-13(7-12)21(26)27/h4-11H,1-3H3,(H,24,28)(H,26,27). The van der Waals surface area contributed by atoms with Gasteiger partial charge in [0.1, 0.15) is 0 Å². The predicted octanol–water partition coefficient (Wildman–Crippen LogP) is 3.10. The van der Waals surface area contributed by atoms with E-state index in [1.165, 1.54) is 44.2 Å². The van der Waals surface area contributed by atoms with E-state index in [-0.39, 0.29) is 11.3 Å². The molecule has 158 valence electrons. The summed E-state index contributed by atoms with van der Waals surface area (Å²) in [7, 11) is 4.49. The van der Waals surface area contributed by atoms with Crippen LogP contribution in [0, 0.1) is 0 Å². The number of hydrogen-bond acceptors (Lipinski definition) is 6. The molecule has 0 aliphatic carbocycles. The fourth-order valence-electron chi connectivity index (χ4n) is 3.43. The number of nitrogens with zero attached hydrogens (tertiary/aromatic N) is 2. The summed E-state index contributed by atoms with van der Waals surface area (Å²) in [5, 5.41) is 9.26. The molecular formula is C22H19N3O6. The average Bonchev–Trinajstić information content (AvgIpc) is 3.12. The number of carboxylic acids is 1. The number of fused-ring (bicyclic) bond motifs is 1. The Labute approximate surface area is 176 Å². The van der Waals surface area contributed by atoms with E-state index in [4.69, 9.17) is 14.2 Å². The topological polar surface area (TPSA) is 116 Å². The number of methoxy groups -OCH3 is 3. The molecule has 2 N–H and O–H groups in total. The molecule has 0 bridgehead atoms. The summed E-state index contributed by atoms with van der Waals surface area (Å²) in [6, 6.07) is 11.5. The molecule has 0 radical (unpaired) electrons. The monoisotopic (exact) mass is 421 g/mol. The first-order valence-electron chi connectivity index (χ1n) is 9.21. The molecule has 0 atom stereocenters. The van der Waals surface area contributed by atoms with Crippen molar-refractivity contribution < 1.29 is 24.1 Å². The fourth-order valence-corrected chi connectivity index (χ4v) is 3.43. The Balaban J connectivity index is 1.93. The van der Waals surface area contributed by atoms with Gasteiger partial charge in [-0.3, -0.25) is 9.55 Å². The Bertz CT molecular complexity index is 1330. The number of aromatic nitrogens is 3. The molecule has 0 spiro atoms. The van der Waals surface area contributed by atoms with E-state index < -0.39 is 5.97 Å². The summed E-state index contributed by atoms with van der Waals surface area (Å²) in [6.07, 6.45) is 1.54. The summed E-state index contributed by atoms with van der Waals surface area (Å²) in [5.41, 5.74) is 2.50. The number of benzene rings is 2. The molecular weight excluding hydrogens is 402 g/mol. The molecule has 2 heterocycles. The zero-order valence-corrected chi connectivity index (χ0v) is 17.0. The number of aromatic amines is 1. The van der Waals surface area contributed by atoms with Gasteiger partial charge in [0.2, 0.25) is 5.75 Å². The maximum atomic E-state index is 12.8. The SMILES string of the molecule is COc1cc(-n2c(=O)[nH]c3cnc(-c4cccc(C(=O)O)c4)cc32)cc(OC)c1OC. The number of carboxylic acid groups (broad SMARTS) is 1. The number of nitrogens with one attached hydrogen (secondary N) is 1. The fraction of sp³-hybridized carbons (Fsp3) is 0.136. The highest BCUT2D eigenvalue weighted by Gasteiger charge is 2.18. The molecule has 0 aliphatic rings. The van der Waals surface area contributed by atoms with Crippen LogP contribution in [-0.4, -0.2) is 46.9 Å². The maximum absolute atomic E-state index is 12.8. The third-order valence-corrected chi connectivity index (χ3v) is 4.88. The first-order chi connectivity index (χ1) is 15.0. The van der Waals surface area contributed by atoms with Crippen LogP contribution in [0.5, 0.6) is 17.2 Å². The van der Waals surface area contributed by atoms with Crippen molar-refractivity contribution in [2.75, 3.05) is 21.3 Å². The predicted molar refractivity (Wildman–Crippen MR) is 114 cm³/mol. The summed E-state index contributed by atoms with van der Waals surface area (Å²) < 4.78 is 17.6. The average molecular weight is 421 g/mol. The van der Waals surface area contributed by atoms with Gasteiger partial charge in [-0.1, -0.05) is 12.1 Å². The first kappa shape index (κ1) is 20.0. The molecule has 0 fully saturated rings. The van der Waals surface area contributed by atoms with Crippen LogP contribution in [0.4, 0.5) is 0 Å². The second-order valence-electron chi connectivity index (χ2n) is 6.62. The number of pyridine rings is 1.